The highest BCUT2D eigenvalue weighted by Crippen LogP contribution is 2.40. The molecule has 1 saturated heterocycles. The molecule has 0 bridgehead atoms. The normalized spacial score (nSPS) is 20.2. The van der Waals surface area contributed by atoms with E-state index in [0.29, 0.717) is 6.54 Å². The fourth-order valence-corrected chi connectivity index (χ4v) is 3.33. The summed E-state index contributed by atoms with van der Waals surface area (Å²) in [4.78, 5) is 29.2. The van der Waals surface area contributed by atoms with Gasteiger partial charge < -0.3 is 14.5 Å². The molecule has 1 aromatic rings. The largest absolute Gasteiger partial charge is 0.497 e. The van der Waals surface area contributed by atoms with E-state index in [9.17, 15) is 9.59 Å². The van der Waals surface area contributed by atoms with Gasteiger partial charge in [-0.15, -0.1) is 0 Å². The minimum Gasteiger partial charge on any atom is -0.497 e. The molecule has 5 heteroatoms. The van der Waals surface area contributed by atoms with E-state index in [4.69, 9.17) is 4.74 Å². The highest BCUT2D eigenvalue weighted by molar-refractivity contribution is 5.90. The molecular weight excluding hydrogens is 316 g/mol. The molecule has 138 valence electrons. The maximum Gasteiger partial charge on any atom is 0.228 e. The number of benzene rings is 1. The second-order valence-electron chi connectivity index (χ2n) is 7.01. The van der Waals surface area contributed by atoms with Crippen molar-refractivity contribution in [2.45, 2.75) is 52.1 Å². The summed E-state index contributed by atoms with van der Waals surface area (Å²) in [6.45, 7) is 6.79. The van der Waals surface area contributed by atoms with Crippen molar-refractivity contribution < 1.29 is 14.3 Å². The maximum atomic E-state index is 13.0. The number of carbonyl (C=O) groups is 2. The Hall–Kier alpha value is -2.04. The van der Waals surface area contributed by atoms with E-state index in [2.05, 4.69) is 6.92 Å². The molecule has 1 fully saturated rings. The minimum atomic E-state index is -0.329. The van der Waals surface area contributed by atoms with Crippen molar-refractivity contribution in [2.75, 3.05) is 20.7 Å². The summed E-state index contributed by atoms with van der Waals surface area (Å²) in [6.07, 6.45) is 2.25. The van der Waals surface area contributed by atoms with Crippen LogP contribution in [0.1, 0.15) is 51.6 Å². The number of methoxy groups -OCH3 is 1. The number of unbranched alkanes of at least 4 members (excludes halogenated alkanes) is 1. The van der Waals surface area contributed by atoms with Gasteiger partial charge in [-0.3, -0.25) is 9.59 Å². The molecule has 2 rings (SSSR count). The summed E-state index contributed by atoms with van der Waals surface area (Å²) in [5.74, 6) is 0.563. The molecule has 25 heavy (non-hydrogen) atoms. The van der Waals surface area contributed by atoms with E-state index in [1.165, 1.54) is 0 Å². The van der Waals surface area contributed by atoms with Crippen LogP contribution in [0.15, 0.2) is 24.3 Å². The van der Waals surface area contributed by atoms with Crippen LogP contribution < -0.4 is 4.74 Å². The van der Waals surface area contributed by atoms with Crippen LogP contribution in [-0.4, -0.2) is 48.4 Å². The fourth-order valence-electron chi connectivity index (χ4n) is 3.33. The third-order valence-corrected chi connectivity index (χ3v) is 5.08. The number of hydrogen-bond donors (Lipinski definition) is 0. The van der Waals surface area contributed by atoms with Crippen molar-refractivity contribution in [1.82, 2.24) is 9.80 Å². The first-order valence-corrected chi connectivity index (χ1v) is 9.10. The predicted octanol–water partition coefficient (Wildman–Crippen LogP) is 3.25. The highest BCUT2D eigenvalue weighted by atomic mass is 16.5. The molecule has 0 saturated carbocycles. The van der Waals surface area contributed by atoms with Crippen LogP contribution in [-0.2, 0) is 9.59 Å². The van der Waals surface area contributed by atoms with Crippen LogP contribution in [0.2, 0.25) is 0 Å². The summed E-state index contributed by atoms with van der Waals surface area (Å²) in [5.41, 5.74) is 0.998. The quantitative estimate of drug-likeness (QED) is 0.761. The Morgan fingerprint density at radius 1 is 1.32 bits per heavy atom. The molecule has 1 aliphatic heterocycles. The summed E-state index contributed by atoms with van der Waals surface area (Å²) < 4.78 is 5.23. The van der Waals surface area contributed by atoms with Gasteiger partial charge in [-0.1, -0.05) is 25.5 Å². The van der Waals surface area contributed by atoms with E-state index in [1.54, 1.807) is 12.0 Å². The summed E-state index contributed by atoms with van der Waals surface area (Å²) in [5, 5.41) is 0. The number of ether oxygens (including phenoxy) is 1. The van der Waals surface area contributed by atoms with Gasteiger partial charge in [-0.05, 0) is 38.0 Å². The zero-order valence-corrected chi connectivity index (χ0v) is 16.0. The van der Waals surface area contributed by atoms with Gasteiger partial charge in [0.1, 0.15) is 5.75 Å². The fraction of sp³-hybridized carbons (Fsp3) is 0.600. The Bertz CT molecular complexity index is 597. The molecular formula is C20H30N2O3. The zero-order chi connectivity index (χ0) is 18.6. The molecule has 0 aliphatic carbocycles. The lowest BCUT2D eigenvalue weighted by atomic mass is 9.92. The van der Waals surface area contributed by atoms with E-state index in [-0.39, 0.29) is 36.2 Å². The average Bonchev–Trinajstić information content (AvgIpc) is 2.94. The Balaban J connectivity index is 2.35. The maximum absolute atomic E-state index is 13.0. The molecule has 0 aromatic heterocycles. The van der Waals surface area contributed by atoms with Gasteiger partial charge in [0.15, 0.2) is 0 Å². The number of rotatable bonds is 7. The van der Waals surface area contributed by atoms with Crippen molar-refractivity contribution >= 4 is 11.8 Å². The molecule has 0 N–H and O–H groups in total. The first-order valence-electron chi connectivity index (χ1n) is 9.10. The highest BCUT2D eigenvalue weighted by Gasteiger charge is 2.45. The lowest BCUT2D eigenvalue weighted by Gasteiger charge is -2.31. The second kappa shape index (κ2) is 8.37. The summed E-state index contributed by atoms with van der Waals surface area (Å²) in [7, 11) is 3.45. The van der Waals surface area contributed by atoms with Gasteiger partial charge in [-0.2, -0.15) is 0 Å². The number of amides is 2. The zero-order valence-electron chi connectivity index (χ0n) is 16.0. The Morgan fingerprint density at radius 2 is 1.96 bits per heavy atom. The van der Waals surface area contributed by atoms with Gasteiger partial charge in [0, 0.05) is 26.1 Å². The van der Waals surface area contributed by atoms with Crippen LogP contribution in [0.25, 0.3) is 0 Å². The lowest BCUT2D eigenvalue weighted by molar-refractivity contribution is -0.136. The summed E-state index contributed by atoms with van der Waals surface area (Å²) in [6, 6.07) is 7.64. The molecule has 2 atom stereocenters. The number of carbonyl (C=O) groups excluding carboxylic acids is 2. The molecule has 2 amide bonds. The van der Waals surface area contributed by atoms with Crippen molar-refractivity contribution in [3.63, 3.8) is 0 Å². The molecule has 1 aliphatic rings. The number of likely N-dealkylation sites (tertiary alicyclic amines) is 1. The lowest BCUT2D eigenvalue weighted by Crippen LogP contribution is -2.40. The van der Waals surface area contributed by atoms with E-state index < -0.39 is 0 Å². The van der Waals surface area contributed by atoms with Gasteiger partial charge in [0.25, 0.3) is 0 Å². The Kier molecular flexibility index (Phi) is 6.45. The third kappa shape index (κ3) is 4.14. The van der Waals surface area contributed by atoms with Gasteiger partial charge in [-0.25, -0.2) is 0 Å². The molecule has 5 nitrogen and oxygen atoms in total. The molecule has 0 radical (unpaired) electrons. The second-order valence-corrected chi connectivity index (χ2v) is 7.01. The smallest absolute Gasteiger partial charge is 0.228 e. The molecule has 1 heterocycles. The van der Waals surface area contributed by atoms with Crippen LogP contribution in [0.3, 0.4) is 0 Å². The van der Waals surface area contributed by atoms with Crippen molar-refractivity contribution in [3.8, 4) is 5.75 Å². The third-order valence-electron chi connectivity index (χ3n) is 5.08. The standard InChI is InChI=1S/C20H30N2O3/c1-6-7-12-22-18(23)13-17(20(24)21(4)14(2)3)19(22)15-8-10-16(25-5)11-9-15/h8-11,14,17,19H,6-7,12-13H2,1-5H3. The van der Waals surface area contributed by atoms with Gasteiger partial charge in [0.2, 0.25) is 11.8 Å². The monoisotopic (exact) mass is 346 g/mol. The summed E-state index contributed by atoms with van der Waals surface area (Å²) >= 11 is 0. The van der Waals surface area contributed by atoms with Crippen LogP contribution in [0.4, 0.5) is 0 Å². The van der Waals surface area contributed by atoms with Crippen LogP contribution in [0, 0.1) is 5.92 Å². The van der Waals surface area contributed by atoms with Crippen molar-refractivity contribution in [2.24, 2.45) is 5.92 Å². The number of nitrogens with zero attached hydrogens (tertiary/aromatic N) is 2. The molecule has 1 aromatic carbocycles. The van der Waals surface area contributed by atoms with E-state index in [0.717, 1.165) is 24.2 Å². The van der Waals surface area contributed by atoms with Crippen molar-refractivity contribution in [1.29, 1.82) is 0 Å². The van der Waals surface area contributed by atoms with Crippen LogP contribution in [0.5, 0.6) is 5.75 Å². The van der Waals surface area contributed by atoms with Crippen molar-refractivity contribution in [3.05, 3.63) is 29.8 Å². The van der Waals surface area contributed by atoms with E-state index >= 15 is 0 Å². The molecule has 0 spiro atoms. The minimum absolute atomic E-state index is 0.0446. The predicted molar refractivity (Wildman–Crippen MR) is 98.4 cm³/mol. The first-order chi connectivity index (χ1) is 11.9. The topological polar surface area (TPSA) is 49.9 Å². The van der Waals surface area contributed by atoms with E-state index in [1.807, 2.05) is 50.1 Å². The first kappa shape index (κ1) is 19.3. The van der Waals surface area contributed by atoms with Gasteiger partial charge in [0.05, 0.1) is 19.1 Å². The van der Waals surface area contributed by atoms with Gasteiger partial charge >= 0.3 is 0 Å². The number of hydrogen-bond acceptors (Lipinski definition) is 3. The SMILES string of the molecule is CCCCN1C(=O)CC(C(=O)N(C)C(C)C)C1c1ccc(OC)cc1. The van der Waals surface area contributed by atoms with Crippen LogP contribution >= 0.6 is 0 Å². The Labute approximate surface area is 150 Å². The molecule has 2 unspecified atom stereocenters. The average molecular weight is 346 g/mol. The Morgan fingerprint density at radius 3 is 2.48 bits per heavy atom.